The third-order valence-electron chi connectivity index (χ3n) is 7.47. The van der Waals surface area contributed by atoms with Gasteiger partial charge in [0.15, 0.2) is 0 Å². The highest BCUT2D eigenvalue weighted by molar-refractivity contribution is 5.95. The molecule has 0 bridgehead atoms. The van der Waals surface area contributed by atoms with Crippen LogP contribution in [0.1, 0.15) is 39.5 Å². The summed E-state index contributed by atoms with van der Waals surface area (Å²) in [4.78, 5) is 31.6. The van der Waals surface area contributed by atoms with E-state index in [4.69, 9.17) is 0 Å². The minimum absolute atomic E-state index is 0. The molecule has 6 nitrogen and oxygen atoms in total. The van der Waals surface area contributed by atoms with Gasteiger partial charge in [0.25, 0.3) is 5.91 Å². The van der Waals surface area contributed by atoms with Crippen molar-refractivity contribution in [1.82, 2.24) is 14.8 Å². The van der Waals surface area contributed by atoms with E-state index in [2.05, 4.69) is 15.2 Å². The molecule has 2 amide bonds. The zero-order valence-corrected chi connectivity index (χ0v) is 24.2. The zero-order valence-electron chi connectivity index (χ0n) is 23.4. The van der Waals surface area contributed by atoms with E-state index in [-0.39, 0.29) is 30.9 Å². The van der Waals surface area contributed by atoms with E-state index >= 15 is 0 Å². The fraction of sp³-hybridized carbons (Fsp3) is 0.290. The second-order valence-corrected chi connectivity index (χ2v) is 10.6. The van der Waals surface area contributed by atoms with Crippen molar-refractivity contribution in [3.63, 3.8) is 0 Å². The number of halogens is 7. The second kappa shape index (κ2) is 12.9. The number of fused-ring (bicyclic) bond motifs is 1. The predicted molar refractivity (Wildman–Crippen MR) is 157 cm³/mol. The number of piperazine rings is 1. The standard InChI is InChI=1S/C31H28F6N4O2.ClH/c1-19(42)39-25-8-6-20(7-9-25)17-40-10-11-41(26(18-40)14-22-16-38-28-5-3-2-4-27(22)28)29(43)21-12-23(30(32,33)34)15-24(13-21)31(35,36)37;/h2-9,12-13,15-16,26,38H,10-11,14,17-18H2,1H3,(H,39,42);1H/t26-;/m1./s1. The topological polar surface area (TPSA) is 68.4 Å². The quantitative estimate of drug-likeness (QED) is 0.220. The maximum atomic E-state index is 13.7. The molecule has 44 heavy (non-hydrogen) atoms. The van der Waals surface area contributed by atoms with Crippen LogP contribution >= 0.6 is 12.4 Å². The molecule has 5 rings (SSSR count). The molecule has 13 heteroatoms. The highest BCUT2D eigenvalue weighted by atomic mass is 35.5. The first kappa shape index (κ1) is 32.9. The van der Waals surface area contributed by atoms with E-state index in [0.717, 1.165) is 22.0 Å². The number of amides is 2. The van der Waals surface area contributed by atoms with Crippen molar-refractivity contribution in [2.45, 2.75) is 38.3 Å². The summed E-state index contributed by atoms with van der Waals surface area (Å²) in [5, 5.41) is 3.62. The summed E-state index contributed by atoms with van der Waals surface area (Å²) in [6, 6.07) is 15.2. The fourth-order valence-corrected chi connectivity index (χ4v) is 5.46. The SMILES string of the molecule is CC(=O)Nc1ccc(CN2CCN(C(=O)c3cc(C(F)(F)F)cc(C(F)(F)F)c3)[C@H](Cc3c[nH]c4ccccc34)C2)cc1.Cl. The van der Waals surface area contributed by atoms with Gasteiger partial charge in [0.1, 0.15) is 0 Å². The van der Waals surface area contributed by atoms with Gasteiger partial charge >= 0.3 is 12.4 Å². The summed E-state index contributed by atoms with van der Waals surface area (Å²) >= 11 is 0. The third kappa shape index (κ3) is 7.54. The van der Waals surface area contributed by atoms with Crippen LogP contribution in [0.25, 0.3) is 10.9 Å². The van der Waals surface area contributed by atoms with Gasteiger partial charge < -0.3 is 15.2 Å². The normalized spacial score (nSPS) is 16.1. The fourth-order valence-electron chi connectivity index (χ4n) is 5.46. The maximum Gasteiger partial charge on any atom is 0.416 e. The molecule has 0 spiro atoms. The molecule has 1 atom stereocenters. The van der Waals surface area contributed by atoms with Gasteiger partial charge in [-0.3, -0.25) is 14.5 Å². The molecule has 0 unspecified atom stereocenters. The van der Waals surface area contributed by atoms with Gasteiger partial charge in [-0.1, -0.05) is 30.3 Å². The van der Waals surface area contributed by atoms with Crippen molar-refractivity contribution < 1.29 is 35.9 Å². The number of H-pyrrole nitrogens is 1. The Kier molecular flexibility index (Phi) is 9.65. The van der Waals surface area contributed by atoms with Gasteiger partial charge in [0.05, 0.1) is 11.1 Å². The number of alkyl halides is 6. The van der Waals surface area contributed by atoms with Gasteiger partial charge in [0, 0.05) is 67.5 Å². The number of carbonyl (C=O) groups is 2. The van der Waals surface area contributed by atoms with Crippen molar-refractivity contribution >= 4 is 40.8 Å². The Morgan fingerprint density at radius 3 is 2.16 bits per heavy atom. The molecule has 3 aromatic carbocycles. The molecule has 234 valence electrons. The summed E-state index contributed by atoms with van der Waals surface area (Å²) in [7, 11) is 0. The monoisotopic (exact) mass is 638 g/mol. The summed E-state index contributed by atoms with van der Waals surface area (Å²) in [6.45, 7) is 2.70. The smallest absolute Gasteiger partial charge is 0.361 e. The number of hydrogen-bond acceptors (Lipinski definition) is 3. The highest BCUT2D eigenvalue weighted by Crippen LogP contribution is 2.37. The molecule has 1 aromatic heterocycles. The van der Waals surface area contributed by atoms with Crippen molar-refractivity contribution in [2.24, 2.45) is 0 Å². The third-order valence-corrected chi connectivity index (χ3v) is 7.47. The van der Waals surface area contributed by atoms with Crippen LogP contribution in [0.5, 0.6) is 0 Å². The number of aromatic amines is 1. The number of hydrogen-bond donors (Lipinski definition) is 2. The molecule has 0 radical (unpaired) electrons. The van der Waals surface area contributed by atoms with Crippen molar-refractivity contribution in [2.75, 3.05) is 25.0 Å². The molecule has 0 saturated carbocycles. The van der Waals surface area contributed by atoms with Crippen LogP contribution in [-0.4, -0.2) is 52.3 Å². The van der Waals surface area contributed by atoms with E-state index in [1.807, 2.05) is 36.4 Å². The van der Waals surface area contributed by atoms with Gasteiger partial charge in [-0.15, -0.1) is 12.4 Å². The number of anilines is 1. The number of nitrogens with zero attached hydrogens (tertiary/aromatic N) is 2. The number of aromatic nitrogens is 1. The second-order valence-electron chi connectivity index (χ2n) is 10.6. The van der Waals surface area contributed by atoms with Crippen LogP contribution in [0.15, 0.2) is 72.9 Å². The lowest BCUT2D eigenvalue weighted by atomic mass is 9.98. The Morgan fingerprint density at radius 1 is 0.909 bits per heavy atom. The molecular weight excluding hydrogens is 610 g/mol. The lowest BCUT2D eigenvalue weighted by Gasteiger charge is -2.42. The molecule has 2 heterocycles. The van der Waals surface area contributed by atoms with Crippen molar-refractivity contribution in [3.8, 4) is 0 Å². The average molecular weight is 639 g/mol. The Balaban J connectivity index is 0.00000442. The Morgan fingerprint density at radius 2 is 1.55 bits per heavy atom. The van der Waals surface area contributed by atoms with E-state index in [1.54, 1.807) is 18.3 Å². The lowest BCUT2D eigenvalue weighted by molar-refractivity contribution is -0.143. The molecule has 1 saturated heterocycles. The molecule has 1 aliphatic heterocycles. The highest BCUT2D eigenvalue weighted by Gasteiger charge is 2.39. The first-order chi connectivity index (χ1) is 20.3. The van der Waals surface area contributed by atoms with E-state index in [0.29, 0.717) is 43.9 Å². The minimum atomic E-state index is -5.06. The van der Waals surface area contributed by atoms with Crippen LogP contribution in [0, 0.1) is 0 Å². The Hall–Kier alpha value is -4.03. The summed E-state index contributed by atoms with van der Waals surface area (Å²) < 4.78 is 81.2. The summed E-state index contributed by atoms with van der Waals surface area (Å²) in [5.41, 5.74) is -0.390. The van der Waals surface area contributed by atoms with Crippen molar-refractivity contribution in [1.29, 1.82) is 0 Å². The Labute approximate surface area is 255 Å². The number of nitrogens with one attached hydrogen (secondary N) is 2. The van der Waals surface area contributed by atoms with Crippen LogP contribution in [-0.2, 0) is 30.1 Å². The van der Waals surface area contributed by atoms with Crippen LogP contribution < -0.4 is 5.32 Å². The van der Waals surface area contributed by atoms with E-state index in [9.17, 15) is 35.9 Å². The van der Waals surface area contributed by atoms with Gasteiger partial charge in [-0.25, -0.2) is 0 Å². The molecule has 1 aliphatic rings. The van der Waals surface area contributed by atoms with Gasteiger partial charge in [-0.2, -0.15) is 26.3 Å². The Bertz CT molecular complexity index is 1600. The van der Waals surface area contributed by atoms with Crippen LogP contribution in [0.4, 0.5) is 32.0 Å². The van der Waals surface area contributed by atoms with Gasteiger partial charge in [0.2, 0.25) is 5.91 Å². The predicted octanol–water partition coefficient (Wildman–Crippen LogP) is 7.16. The number of rotatable bonds is 6. The van der Waals surface area contributed by atoms with E-state index < -0.39 is 41.0 Å². The van der Waals surface area contributed by atoms with Crippen molar-refractivity contribution in [3.05, 3.63) is 101 Å². The first-order valence-electron chi connectivity index (χ1n) is 13.5. The number of carbonyl (C=O) groups excluding carboxylic acids is 2. The average Bonchev–Trinajstić information content (AvgIpc) is 3.35. The molecule has 2 N–H and O–H groups in total. The largest absolute Gasteiger partial charge is 0.416 e. The molecule has 4 aromatic rings. The van der Waals surface area contributed by atoms with Gasteiger partial charge in [-0.05, 0) is 53.9 Å². The number of para-hydroxylation sites is 1. The maximum absolute atomic E-state index is 13.7. The lowest BCUT2D eigenvalue weighted by Crippen LogP contribution is -2.55. The summed E-state index contributed by atoms with van der Waals surface area (Å²) in [6.07, 6.45) is -7.99. The summed E-state index contributed by atoms with van der Waals surface area (Å²) in [5.74, 6) is -1.09. The van der Waals surface area contributed by atoms with Crippen LogP contribution in [0.2, 0.25) is 0 Å². The first-order valence-corrected chi connectivity index (χ1v) is 13.5. The molecular formula is C31H29ClF6N4O2. The molecule has 1 fully saturated rings. The van der Waals surface area contributed by atoms with E-state index in [1.165, 1.54) is 11.8 Å². The number of benzene rings is 3. The molecule has 0 aliphatic carbocycles. The minimum Gasteiger partial charge on any atom is -0.361 e. The zero-order chi connectivity index (χ0) is 30.9. The van der Waals surface area contributed by atoms with Crippen LogP contribution in [0.3, 0.4) is 0 Å².